The number of aromatic nitrogens is 2. The Hall–Kier alpha value is -3.61. The highest BCUT2D eigenvalue weighted by molar-refractivity contribution is 7.10. The summed E-state index contributed by atoms with van der Waals surface area (Å²) in [6.07, 6.45) is -4.63. The molecule has 1 heterocycles. The van der Waals surface area contributed by atoms with Crippen LogP contribution in [0.15, 0.2) is 48.5 Å². The van der Waals surface area contributed by atoms with Gasteiger partial charge < -0.3 is 15.4 Å². The zero-order valence-corrected chi connectivity index (χ0v) is 15.9. The molecular weight excluding hydrogens is 447 g/mol. The second-order valence-electron chi connectivity index (χ2n) is 5.84. The maximum atomic E-state index is 12.8. The van der Waals surface area contributed by atoms with Crippen molar-refractivity contribution in [3.63, 3.8) is 0 Å². The third-order valence-electron chi connectivity index (χ3n) is 3.70. The SMILES string of the molecule is O=C(Nc1snnc1C(=O)Nc1cccc(OC(F)F)c1)c1cccc(C(F)(F)F)c1. The van der Waals surface area contributed by atoms with Gasteiger partial charge in [-0.05, 0) is 30.3 Å². The fourth-order valence-electron chi connectivity index (χ4n) is 2.37. The van der Waals surface area contributed by atoms with Crippen LogP contribution in [0.2, 0.25) is 0 Å². The third-order valence-corrected chi connectivity index (χ3v) is 4.34. The quantitative estimate of drug-likeness (QED) is 0.524. The zero-order chi connectivity index (χ0) is 22.6. The van der Waals surface area contributed by atoms with Crippen molar-refractivity contribution in [3.05, 3.63) is 65.4 Å². The highest BCUT2D eigenvalue weighted by Gasteiger charge is 2.31. The summed E-state index contributed by atoms with van der Waals surface area (Å²) in [4.78, 5) is 24.8. The van der Waals surface area contributed by atoms with Gasteiger partial charge in [-0.25, -0.2) is 0 Å². The molecular formula is C18H11F5N4O3S. The molecule has 0 unspecified atom stereocenters. The summed E-state index contributed by atoms with van der Waals surface area (Å²) in [6, 6.07) is 8.89. The van der Waals surface area contributed by atoms with Crippen LogP contribution in [0.5, 0.6) is 5.75 Å². The molecule has 31 heavy (non-hydrogen) atoms. The molecule has 13 heteroatoms. The number of nitrogens with one attached hydrogen (secondary N) is 2. The Bertz CT molecular complexity index is 1100. The van der Waals surface area contributed by atoms with E-state index in [0.29, 0.717) is 17.6 Å². The number of carbonyl (C=O) groups excluding carboxylic acids is 2. The van der Waals surface area contributed by atoms with Gasteiger partial charge in [0.05, 0.1) is 5.56 Å². The van der Waals surface area contributed by atoms with E-state index in [4.69, 9.17) is 0 Å². The van der Waals surface area contributed by atoms with Crippen LogP contribution < -0.4 is 15.4 Å². The number of amides is 2. The van der Waals surface area contributed by atoms with Crippen molar-refractivity contribution in [3.8, 4) is 5.75 Å². The van der Waals surface area contributed by atoms with Crippen LogP contribution in [-0.2, 0) is 6.18 Å². The van der Waals surface area contributed by atoms with Gasteiger partial charge in [0.2, 0.25) is 0 Å². The average Bonchev–Trinajstić information content (AvgIpc) is 3.15. The van der Waals surface area contributed by atoms with Crippen molar-refractivity contribution >= 4 is 34.0 Å². The minimum absolute atomic E-state index is 0.103. The number of nitrogens with zero attached hydrogens (tertiary/aromatic N) is 2. The van der Waals surface area contributed by atoms with Crippen LogP contribution >= 0.6 is 11.5 Å². The average molecular weight is 458 g/mol. The number of carbonyl (C=O) groups is 2. The maximum Gasteiger partial charge on any atom is 0.416 e. The Morgan fingerprint density at radius 2 is 1.74 bits per heavy atom. The number of hydrogen-bond acceptors (Lipinski definition) is 6. The molecule has 0 saturated heterocycles. The molecule has 0 atom stereocenters. The van der Waals surface area contributed by atoms with Gasteiger partial charge in [-0.2, -0.15) is 22.0 Å². The minimum Gasteiger partial charge on any atom is -0.435 e. The number of ether oxygens (including phenoxy) is 1. The fraction of sp³-hybridized carbons (Fsp3) is 0.111. The van der Waals surface area contributed by atoms with Gasteiger partial charge in [0, 0.05) is 28.8 Å². The Kier molecular flexibility index (Phi) is 6.44. The van der Waals surface area contributed by atoms with E-state index >= 15 is 0 Å². The summed E-state index contributed by atoms with van der Waals surface area (Å²) in [5, 5.41) is 8.16. The van der Waals surface area contributed by atoms with Crippen molar-refractivity contribution in [2.24, 2.45) is 0 Å². The van der Waals surface area contributed by atoms with Crippen LogP contribution in [0.4, 0.5) is 32.6 Å². The highest BCUT2D eigenvalue weighted by Crippen LogP contribution is 2.30. The van der Waals surface area contributed by atoms with Crippen molar-refractivity contribution in [1.82, 2.24) is 9.59 Å². The Labute approximate surface area is 175 Å². The van der Waals surface area contributed by atoms with Gasteiger partial charge >= 0.3 is 12.8 Å². The van der Waals surface area contributed by atoms with Crippen molar-refractivity contribution in [2.45, 2.75) is 12.8 Å². The number of anilines is 2. The number of alkyl halides is 5. The molecule has 2 N–H and O–H groups in total. The monoisotopic (exact) mass is 458 g/mol. The van der Waals surface area contributed by atoms with Crippen LogP contribution in [0, 0.1) is 0 Å². The molecule has 0 aliphatic rings. The van der Waals surface area contributed by atoms with E-state index in [-0.39, 0.29) is 27.7 Å². The van der Waals surface area contributed by atoms with Gasteiger partial charge in [-0.15, -0.1) is 5.10 Å². The third kappa shape index (κ3) is 5.72. The predicted octanol–water partition coefficient (Wildman–Crippen LogP) is 4.66. The maximum absolute atomic E-state index is 12.8. The Morgan fingerprint density at radius 1 is 1.00 bits per heavy atom. The van der Waals surface area contributed by atoms with E-state index in [1.54, 1.807) is 0 Å². The van der Waals surface area contributed by atoms with Gasteiger partial charge in [0.25, 0.3) is 11.8 Å². The summed E-state index contributed by atoms with van der Waals surface area (Å²) >= 11 is 0.633. The first-order chi connectivity index (χ1) is 14.6. The summed E-state index contributed by atoms with van der Waals surface area (Å²) in [5.41, 5.74) is -1.50. The summed E-state index contributed by atoms with van der Waals surface area (Å²) < 4.78 is 70.9. The van der Waals surface area contributed by atoms with Crippen molar-refractivity contribution < 1.29 is 36.3 Å². The largest absolute Gasteiger partial charge is 0.435 e. The molecule has 0 aliphatic carbocycles. The molecule has 0 bridgehead atoms. The Morgan fingerprint density at radius 3 is 2.45 bits per heavy atom. The van der Waals surface area contributed by atoms with Gasteiger partial charge in [0.15, 0.2) is 5.69 Å². The first-order valence-electron chi connectivity index (χ1n) is 8.30. The molecule has 0 spiro atoms. The van der Waals surface area contributed by atoms with E-state index in [1.165, 1.54) is 24.3 Å². The van der Waals surface area contributed by atoms with Crippen LogP contribution in [-0.4, -0.2) is 28.0 Å². The molecule has 2 amide bonds. The summed E-state index contributed by atoms with van der Waals surface area (Å²) in [5.74, 6) is -1.93. The molecule has 1 aromatic heterocycles. The number of benzene rings is 2. The number of rotatable bonds is 6. The Balaban J connectivity index is 1.74. The van der Waals surface area contributed by atoms with E-state index in [0.717, 1.165) is 18.2 Å². The molecule has 3 rings (SSSR count). The first-order valence-corrected chi connectivity index (χ1v) is 9.08. The lowest BCUT2D eigenvalue weighted by Crippen LogP contribution is -2.18. The van der Waals surface area contributed by atoms with Crippen LogP contribution in [0.3, 0.4) is 0 Å². The number of halogens is 5. The topological polar surface area (TPSA) is 93.2 Å². The minimum atomic E-state index is -4.63. The van der Waals surface area contributed by atoms with Gasteiger partial charge in [-0.3, -0.25) is 9.59 Å². The predicted molar refractivity (Wildman–Crippen MR) is 100 cm³/mol. The smallest absolute Gasteiger partial charge is 0.416 e. The van der Waals surface area contributed by atoms with E-state index in [9.17, 15) is 31.5 Å². The molecule has 0 fully saturated rings. The second-order valence-corrected chi connectivity index (χ2v) is 6.60. The lowest BCUT2D eigenvalue weighted by Gasteiger charge is -2.09. The summed E-state index contributed by atoms with van der Waals surface area (Å²) in [7, 11) is 0. The first kappa shape index (κ1) is 22.1. The summed E-state index contributed by atoms with van der Waals surface area (Å²) in [6.45, 7) is -3.05. The van der Waals surface area contributed by atoms with E-state index in [1.807, 2.05) is 0 Å². The lowest BCUT2D eigenvalue weighted by molar-refractivity contribution is -0.137. The highest BCUT2D eigenvalue weighted by atomic mass is 32.1. The second kappa shape index (κ2) is 9.04. The fourth-order valence-corrected chi connectivity index (χ4v) is 2.94. The van der Waals surface area contributed by atoms with Crippen LogP contribution in [0.25, 0.3) is 0 Å². The molecule has 162 valence electrons. The van der Waals surface area contributed by atoms with Crippen molar-refractivity contribution in [1.29, 1.82) is 0 Å². The molecule has 0 radical (unpaired) electrons. The number of hydrogen-bond donors (Lipinski definition) is 2. The standard InChI is InChI=1S/C18H11F5N4O3S/c19-17(20)30-12-6-2-5-11(8-12)24-15(29)13-16(31-27-26-13)25-14(28)9-3-1-4-10(7-9)18(21,22)23/h1-8,17H,(H,24,29)(H,25,28). The molecule has 2 aromatic carbocycles. The molecule has 3 aromatic rings. The van der Waals surface area contributed by atoms with E-state index in [2.05, 4.69) is 25.0 Å². The lowest BCUT2D eigenvalue weighted by atomic mass is 10.1. The zero-order valence-electron chi connectivity index (χ0n) is 15.1. The van der Waals surface area contributed by atoms with Gasteiger partial charge in [0.1, 0.15) is 10.8 Å². The molecule has 0 aliphatic heterocycles. The molecule has 7 nitrogen and oxygen atoms in total. The van der Waals surface area contributed by atoms with Crippen LogP contribution in [0.1, 0.15) is 26.4 Å². The normalized spacial score (nSPS) is 11.3. The van der Waals surface area contributed by atoms with Crippen molar-refractivity contribution in [2.75, 3.05) is 10.6 Å². The van der Waals surface area contributed by atoms with Gasteiger partial charge in [-0.1, -0.05) is 16.6 Å². The molecule has 0 saturated carbocycles. The van der Waals surface area contributed by atoms with E-state index < -0.39 is 30.2 Å².